The first-order valence-electron chi connectivity index (χ1n) is 7.79. The van der Waals surface area contributed by atoms with Crippen LogP contribution in [0.2, 0.25) is 0 Å². The summed E-state index contributed by atoms with van der Waals surface area (Å²) in [4.78, 5) is 12.0. The van der Waals surface area contributed by atoms with Gasteiger partial charge in [0.1, 0.15) is 0 Å². The molecule has 3 atom stereocenters. The first-order valence-corrected chi connectivity index (χ1v) is 7.79. The Morgan fingerprint density at radius 1 is 1.23 bits per heavy atom. The van der Waals surface area contributed by atoms with Gasteiger partial charge in [0.05, 0.1) is 7.11 Å². The number of esters is 1. The molecule has 0 radical (unpaired) electrons. The molecule has 0 aromatic heterocycles. The number of ether oxygens (including phenoxy) is 3. The van der Waals surface area contributed by atoms with Crippen molar-refractivity contribution in [3.8, 4) is 0 Å². The summed E-state index contributed by atoms with van der Waals surface area (Å²) in [7, 11) is 3.04. The molecular formula is C18H22O4. The highest BCUT2D eigenvalue weighted by molar-refractivity contribution is 5.86. The van der Waals surface area contributed by atoms with Crippen LogP contribution in [0.5, 0.6) is 0 Å². The highest BCUT2D eigenvalue weighted by Gasteiger charge is 2.51. The second kappa shape index (κ2) is 6.13. The minimum atomic E-state index is -0.725. The number of hydrogen-bond acceptors (Lipinski definition) is 4. The average Bonchev–Trinajstić information content (AvgIpc) is 2.60. The maximum Gasteiger partial charge on any atom is 0.373 e. The summed E-state index contributed by atoms with van der Waals surface area (Å²) in [6.45, 7) is 0. The first-order chi connectivity index (χ1) is 10.7. The fourth-order valence-electron chi connectivity index (χ4n) is 3.73. The SMILES string of the molecule is COC(=O)C1=C[C@H](c2ccccc2)[C@H]2CCCC[C@]2(OC)O1. The maximum absolute atomic E-state index is 12.0. The Bertz CT molecular complexity index is 566. The third-order valence-electron chi connectivity index (χ3n) is 4.82. The van der Waals surface area contributed by atoms with Crippen molar-refractivity contribution < 1.29 is 19.0 Å². The van der Waals surface area contributed by atoms with Gasteiger partial charge in [0.15, 0.2) is 0 Å². The van der Waals surface area contributed by atoms with Gasteiger partial charge in [-0.1, -0.05) is 36.8 Å². The van der Waals surface area contributed by atoms with Crippen molar-refractivity contribution in [3.63, 3.8) is 0 Å². The van der Waals surface area contributed by atoms with Gasteiger partial charge in [0.2, 0.25) is 11.5 Å². The van der Waals surface area contributed by atoms with Crippen LogP contribution in [-0.2, 0) is 19.0 Å². The third-order valence-corrected chi connectivity index (χ3v) is 4.82. The molecule has 1 heterocycles. The van der Waals surface area contributed by atoms with E-state index in [-0.39, 0.29) is 17.6 Å². The summed E-state index contributed by atoms with van der Waals surface area (Å²) in [5, 5.41) is 0. The summed E-state index contributed by atoms with van der Waals surface area (Å²) < 4.78 is 16.6. The summed E-state index contributed by atoms with van der Waals surface area (Å²) in [5.41, 5.74) is 1.18. The molecule has 22 heavy (non-hydrogen) atoms. The quantitative estimate of drug-likeness (QED) is 0.803. The van der Waals surface area contributed by atoms with E-state index in [1.165, 1.54) is 12.7 Å². The number of carbonyl (C=O) groups is 1. The van der Waals surface area contributed by atoms with Gasteiger partial charge in [-0.2, -0.15) is 0 Å². The van der Waals surface area contributed by atoms with E-state index in [1.807, 2.05) is 24.3 Å². The van der Waals surface area contributed by atoms with Crippen LogP contribution >= 0.6 is 0 Å². The topological polar surface area (TPSA) is 44.8 Å². The Balaban J connectivity index is 2.05. The molecule has 118 valence electrons. The van der Waals surface area contributed by atoms with Crippen molar-refractivity contribution in [2.75, 3.05) is 14.2 Å². The van der Waals surface area contributed by atoms with Crippen molar-refractivity contribution in [2.24, 2.45) is 5.92 Å². The predicted molar refractivity (Wildman–Crippen MR) is 82.1 cm³/mol. The zero-order valence-electron chi connectivity index (χ0n) is 13.1. The van der Waals surface area contributed by atoms with Crippen LogP contribution in [0.4, 0.5) is 0 Å². The lowest BCUT2D eigenvalue weighted by Gasteiger charge is -2.48. The lowest BCUT2D eigenvalue weighted by Crippen LogP contribution is -2.50. The molecule has 1 fully saturated rings. The molecule has 0 spiro atoms. The minimum Gasteiger partial charge on any atom is -0.463 e. The first kappa shape index (κ1) is 15.1. The largest absolute Gasteiger partial charge is 0.463 e. The highest BCUT2D eigenvalue weighted by Crippen LogP contribution is 2.50. The van der Waals surface area contributed by atoms with Crippen molar-refractivity contribution in [1.29, 1.82) is 0 Å². The predicted octanol–water partition coefficient (Wildman–Crippen LogP) is 3.39. The van der Waals surface area contributed by atoms with Crippen molar-refractivity contribution in [3.05, 3.63) is 47.7 Å². The number of benzene rings is 1. The number of fused-ring (bicyclic) bond motifs is 1. The van der Waals surface area contributed by atoms with E-state index in [9.17, 15) is 4.79 Å². The molecule has 1 aliphatic heterocycles. The van der Waals surface area contributed by atoms with Crippen LogP contribution < -0.4 is 0 Å². The molecule has 3 rings (SSSR count). The van der Waals surface area contributed by atoms with Crippen molar-refractivity contribution in [1.82, 2.24) is 0 Å². The fourth-order valence-corrected chi connectivity index (χ4v) is 3.73. The average molecular weight is 302 g/mol. The third kappa shape index (κ3) is 2.52. The summed E-state index contributed by atoms with van der Waals surface area (Å²) in [6, 6.07) is 10.2. The van der Waals surface area contributed by atoms with Gasteiger partial charge in [-0.3, -0.25) is 0 Å². The standard InChI is InChI=1S/C18H22O4/c1-20-17(19)16-12-14(13-8-4-3-5-9-13)15-10-6-7-11-18(15,21-2)22-16/h3-5,8-9,12,14-15H,6-7,10-11H2,1-2H3/t14-,15-,18+/m1/s1. The van der Waals surface area contributed by atoms with Crippen LogP contribution in [0.25, 0.3) is 0 Å². The van der Waals surface area contributed by atoms with Gasteiger partial charge in [-0.15, -0.1) is 0 Å². The molecule has 0 bridgehead atoms. The second-order valence-corrected chi connectivity index (χ2v) is 5.93. The smallest absolute Gasteiger partial charge is 0.373 e. The number of hydrogen-bond donors (Lipinski definition) is 0. The lowest BCUT2D eigenvalue weighted by atomic mass is 9.71. The van der Waals surface area contributed by atoms with E-state index < -0.39 is 11.8 Å². The summed E-state index contributed by atoms with van der Waals surface area (Å²) >= 11 is 0. The molecular weight excluding hydrogens is 280 g/mol. The number of rotatable bonds is 3. The summed E-state index contributed by atoms with van der Waals surface area (Å²) in [5.74, 6) is -0.596. The fraction of sp³-hybridized carbons (Fsp3) is 0.500. The van der Waals surface area contributed by atoms with Crippen LogP contribution in [0.3, 0.4) is 0 Å². The molecule has 0 N–H and O–H groups in total. The molecule has 0 saturated heterocycles. The molecule has 4 nitrogen and oxygen atoms in total. The minimum absolute atomic E-state index is 0.101. The Morgan fingerprint density at radius 3 is 2.68 bits per heavy atom. The van der Waals surface area contributed by atoms with E-state index in [4.69, 9.17) is 14.2 Å². The maximum atomic E-state index is 12.0. The van der Waals surface area contributed by atoms with Gasteiger partial charge in [0, 0.05) is 25.4 Å². The number of allylic oxidation sites excluding steroid dienone is 1. The zero-order chi connectivity index (χ0) is 15.6. The Labute approximate surface area is 131 Å². The van der Waals surface area contributed by atoms with Crippen LogP contribution in [0, 0.1) is 5.92 Å². The van der Waals surface area contributed by atoms with Crippen molar-refractivity contribution >= 4 is 5.97 Å². The molecule has 2 aliphatic rings. The molecule has 1 saturated carbocycles. The van der Waals surface area contributed by atoms with Crippen LogP contribution in [-0.4, -0.2) is 26.0 Å². The summed E-state index contributed by atoms with van der Waals surface area (Å²) in [6.07, 6.45) is 5.92. The van der Waals surface area contributed by atoms with Gasteiger partial charge >= 0.3 is 5.97 Å². The zero-order valence-corrected chi connectivity index (χ0v) is 13.1. The monoisotopic (exact) mass is 302 g/mol. The molecule has 1 aromatic rings. The van der Waals surface area contributed by atoms with E-state index in [1.54, 1.807) is 7.11 Å². The normalized spacial score (nSPS) is 30.7. The molecule has 0 amide bonds. The Kier molecular flexibility index (Phi) is 4.21. The van der Waals surface area contributed by atoms with Crippen LogP contribution in [0.15, 0.2) is 42.2 Å². The Hall–Kier alpha value is -1.81. The number of methoxy groups -OCH3 is 2. The Morgan fingerprint density at radius 2 is 2.00 bits per heavy atom. The molecule has 1 aromatic carbocycles. The van der Waals surface area contributed by atoms with Gasteiger partial charge in [0.25, 0.3) is 0 Å². The van der Waals surface area contributed by atoms with Crippen molar-refractivity contribution in [2.45, 2.75) is 37.4 Å². The van der Waals surface area contributed by atoms with Gasteiger partial charge in [-0.25, -0.2) is 4.79 Å². The van der Waals surface area contributed by atoms with E-state index in [2.05, 4.69) is 12.1 Å². The molecule has 0 unspecified atom stereocenters. The van der Waals surface area contributed by atoms with Gasteiger partial charge in [-0.05, 0) is 24.5 Å². The van der Waals surface area contributed by atoms with E-state index in [0.717, 1.165) is 25.7 Å². The molecule has 1 aliphatic carbocycles. The second-order valence-electron chi connectivity index (χ2n) is 5.93. The molecule has 4 heteroatoms. The van der Waals surface area contributed by atoms with E-state index in [0.29, 0.717) is 0 Å². The van der Waals surface area contributed by atoms with Crippen LogP contribution in [0.1, 0.15) is 37.2 Å². The van der Waals surface area contributed by atoms with Gasteiger partial charge < -0.3 is 14.2 Å². The number of carbonyl (C=O) groups excluding carboxylic acids is 1. The highest BCUT2D eigenvalue weighted by atomic mass is 16.7. The lowest BCUT2D eigenvalue weighted by molar-refractivity contribution is -0.259. The van der Waals surface area contributed by atoms with E-state index >= 15 is 0 Å².